The van der Waals surface area contributed by atoms with Gasteiger partial charge in [0.25, 0.3) is 5.91 Å². The van der Waals surface area contributed by atoms with Crippen LogP contribution in [0.15, 0.2) is 54.6 Å². The van der Waals surface area contributed by atoms with Gasteiger partial charge in [-0.25, -0.2) is 0 Å². The molecular formula is C20H25NO3. The number of aryl methyl sites for hydroxylation is 1. The number of rotatable bonds is 9. The van der Waals surface area contributed by atoms with Crippen LogP contribution >= 0.6 is 0 Å². The second-order valence-electron chi connectivity index (χ2n) is 5.87. The average molecular weight is 327 g/mol. The quantitative estimate of drug-likeness (QED) is 0.716. The van der Waals surface area contributed by atoms with Crippen molar-refractivity contribution in [1.82, 2.24) is 5.32 Å². The minimum atomic E-state index is -0.101. The molecular weight excluding hydrogens is 302 g/mol. The minimum absolute atomic E-state index is 0.0434. The van der Waals surface area contributed by atoms with Crippen molar-refractivity contribution in [1.29, 1.82) is 0 Å². The fourth-order valence-corrected chi connectivity index (χ4v) is 2.28. The second-order valence-corrected chi connectivity index (χ2v) is 5.87. The van der Waals surface area contributed by atoms with Gasteiger partial charge in [0.05, 0.1) is 6.10 Å². The van der Waals surface area contributed by atoms with E-state index in [9.17, 15) is 4.79 Å². The van der Waals surface area contributed by atoms with Gasteiger partial charge in [-0.15, -0.1) is 0 Å². The Morgan fingerprint density at radius 2 is 1.79 bits per heavy atom. The Hall–Kier alpha value is -2.49. The molecule has 0 saturated carbocycles. The molecule has 0 aliphatic heterocycles. The Labute approximate surface area is 143 Å². The molecule has 0 aromatic heterocycles. The zero-order valence-corrected chi connectivity index (χ0v) is 14.3. The monoisotopic (exact) mass is 327 g/mol. The molecule has 1 amide bonds. The number of amides is 1. The molecule has 2 aromatic carbocycles. The maximum atomic E-state index is 11.7. The first-order valence-corrected chi connectivity index (χ1v) is 8.33. The van der Waals surface area contributed by atoms with Gasteiger partial charge in [0.15, 0.2) is 6.61 Å². The lowest BCUT2D eigenvalue weighted by Crippen LogP contribution is -2.29. The molecule has 24 heavy (non-hydrogen) atoms. The van der Waals surface area contributed by atoms with Gasteiger partial charge in [-0.1, -0.05) is 30.3 Å². The molecule has 0 unspecified atom stereocenters. The molecule has 0 aliphatic rings. The Morgan fingerprint density at radius 3 is 2.54 bits per heavy atom. The van der Waals surface area contributed by atoms with Crippen LogP contribution in [-0.4, -0.2) is 25.2 Å². The van der Waals surface area contributed by atoms with Crippen molar-refractivity contribution >= 4 is 5.91 Å². The van der Waals surface area contributed by atoms with Crippen molar-refractivity contribution in [2.75, 3.05) is 13.2 Å². The van der Waals surface area contributed by atoms with Crippen LogP contribution in [0.3, 0.4) is 0 Å². The molecule has 0 fully saturated rings. The second kappa shape index (κ2) is 9.60. The highest BCUT2D eigenvalue weighted by atomic mass is 16.5. The van der Waals surface area contributed by atoms with E-state index in [0.29, 0.717) is 12.3 Å². The summed E-state index contributed by atoms with van der Waals surface area (Å²) in [6.45, 7) is 4.70. The molecule has 1 N–H and O–H groups in total. The first kappa shape index (κ1) is 17.9. The summed E-state index contributed by atoms with van der Waals surface area (Å²) in [5.74, 6) is 1.49. The van der Waals surface area contributed by atoms with Crippen LogP contribution in [0.4, 0.5) is 0 Å². The van der Waals surface area contributed by atoms with Gasteiger partial charge < -0.3 is 14.8 Å². The number of benzene rings is 2. The van der Waals surface area contributed by atoms with E-state index >= 15 is 0 Å². The minimum Gasteiger partial charge on any atom is -0.491 e. The number of nitrogens with one attached hydrogen (secondary N) is 1. The van der Waals surface area contributed by atoms with Gasteiger partial charge in [-0.3, -0.25) is 4.79 Å². The lowest BCUT2D eigenvalue weighted by Gasteiger charge is -2.11. The van der Waals surface area contributed by atoms with E-state index in [2.05, 4.69) is 17.4 Å². The first-order chi connectivity index (χ1) is 11.6. The van der Waals surface area contributed by atoms with Crippen LogP contribution in [-0.2, 0) is 11.2 Å². The van der Waals surface area contributed by atoms with E-state index in [4.69, 9.17) is 9.47 Å². The van der Waals surface area contributed by atoms with Crippen molar-refractivity contribution in [3.63, 3.8) is 0 Å². The Kier molecular flexibility index (Phi) is 7.15. The summed E-state index contributed by atoms with van der Waals surface area (Å²) in [5, 5.41) is 2.87. The van der Waals surface area contributed by atoms with E-state index in [1.807, 2.05) is 56.3 Å². The third kappa shape index (κ3) is 6.73. The summed E-state index contributed by atoms with van der Waals surface area (Å²) >= 11 is 0. The largest absolute Gasteiger partial charge is 0.491 e. The van der Waals surface area contributed by atoms with Crippen LogP contribution in [0.5, 0.6) is 11.5 Å². The molecule has 0 saturated heterocycles. The molecule has 2 rings (SSSR count). The molecule has 0 heterocycles. The van der Waals surface area contributed by atoms with Crippen LogP contribution < -0.4 is 14.8 Å². The van der Waals surface area contributed by atoms with Crippen LogP contribution in [0, 0.1) is 0 Å². The van der Waals surface area contributed by atoms with Crippen LogP contribution in [0.25, 0.3) is 0 Å². The molecule has 2 aromatic rings. The summed E-state index contributed by atoms with van der Waals surface area (Å²) in [7, 11) is 0. The molecule has 4 heteroatoms. The molecule has 4 nitrogen and oxygen atoms in total. The van der Waals surface area contributed by atoms with Crippen molar-refractivity contribution in [3.8, 4) is 11.5 Å². The third-order valence-electron chi connectivity index (χ3n) is 3.35. The highest BCUT2D eigenvalue weighted by molar-refractivity contribution is 5.77. The zero-order chi connectivity index (χ0) is 17.2. The first-order valence-electron chi connectivity index (χ1n) is 8.33. The molecule has 0 radical (unpaired) electrons. The SMILES string of the molecule is CC(C)Oc1cccc(CCCNC(=O)COc2ccccc2)c1. The molecule has 128 valence electrons. The summed E-state index contributed by atoms with van der Waals surface area (Å²) in [6, 6.07) is 17.4. The van der Waals surface area contributed by atoms with Crippen molar-refractivity contribution in [2.24, 2.45) is 0 Å². The number of carbonyl (C=O) groups excluding carboxylic acids is 1. The number of hydrogen-bond donors (Lipinski definition) is 1. The Bertz CT molecular complexity index is 626. The maximum absolute atomic E-state index is 11.7. The van der Waals surface area contributed by atoms with Crippen LogP contribution in [0.2, 0.25) is 0 Å². The Balaban J connectivity index is 1.64. The standard InChI is InChI=1S/C20H25NO3/c1-16(2)24-19-12-6-8-17(14-19)9-7-13-21-20(22)15-23-18-10-4-3-5-11-18/h3-6,8,10-12,14,16H,7,9,13,15H2,1-2H3,(H,21,22). The molecule has 0 spiro atoms. The predicted molar refractivity (Wildman–Crippen MR) is 95.5 cm³/mol. The van der Waals surface area contributed by atoms with E-state index in [1.54, 1.807) is 0 Å². The molecule has 0 atom stereocenters. The topological polar surface area (TPSA) is 47.6 Å². The van der Waals surface area contributed by atoms with Crippen molar-refractivity contribution < 1.29 is 14.3 Å². The number of para-hydroxylation sites is 1. The van der Waals surface area contributed by atoms with Gasteiger partial charge in [0.1, 0.15) is 11.5 Å². The normalized spacial score (nSPS) is 10.5. The number of hydrogen-bond acceptors (Lipinski definition) is 3. The fraction of sp³-hybridized carbons (Fsp3) is 0.350. The lowest BCUT2D eigenvalue weighted by atomic mass is 10.1. The van der Waals surface area contributed by atoms with E-state index in [1.165, 1.54) is 5.56 Å². The number of ether oxygens (including phenoxy) is 2. The Morgan fingerprint density at radius 1 is 1.04 bits per heavy atom. The van der Waals surface area contributed by atoms with Crippen LogP contribution in [0.1, 0.15) is 25.8 Å². The van der Waals surface area contributed by atoms with Gasteiger partial charge in [0, 0.05) is 6.54 Å². The average Bonchev–Trinajstić information content (AvgIpc) is 2.58. The smallest absolute Gasteiger partial charge is 0.257 e. The van der Waals surface area contributed by atoms with Gasteiger partial charge in [0.2, 0.25) is 0 Å². The summed E-state index contributed by atoms with van der Waals surface area (Å²) in [5.41, 5.74) is 1.21. The summed E-state index contributed by atoms with van der Waals surface area (Å²) in [4.78, 5) is 11.7. The van der Waals surface area contributed by atoms with Gasteiger partial charge >= 0.3 is 0 Å². The zero-order valence-electron chi connectivity index (χ0n) is 14.3. The summed E-state index contributed by atoms with van der Waals surface area (Å²) < 4.78 is 11.1. The fourth-order valence-electron chi connectivity index (χ4n) is 2.28. The van der Waals surface area contributed by atoms with Gasteiger partial charge in [-0.2, -0.15) is 0 Å². The number of carbonyl (C=O) groups is 1. The van der Waals surface area contributed by atoms with E-state index in [-0.39, 0.29) is 18.6 Å². The van der Waals surface area contributed by atoms with E-state index < -0.39 is 0 Å². The maximum Gasteiger partial charge on any atom is 0.257 e. The lowest BCUT2D eigenvalue weighted by molar-refractivity contribution is -0.123. The van der Waals surface area contributed by atoms with Crippen molar-refractivity contribution in [2.45, 2.75) is 32.8 Å². The molecule has 0 aliphatic carbocycles. The summed E-state index contributed by atoms with van der Waals surface area (Å²) in [6.07, 6.45) is 1.95. The van der Waals surface area contributed by atoms with E-state index in [0.717, 1.165) is 18.6 Å². The highest BCUT2D eigenvalue weighted by Crippen LogP contribution is 2.16. The predicted octanol–water partition coefficient (Wildman–Crippen LogP) is 3.60. The van der Waals surface area contributed by atoms with Crippen molar-refractivity contribution in [3.05, 3.63) is 60.2 Å². The highest BCUT2D eigenvalue weighted by Gasteiger charge is 2.03. The third-order valence-corrected chi connectivity index (χ3v) is 3.35. The molecule has 0 bridgehead atoms. The van der Waals surface area contributed by atoms with Gasteiger partial charge in [-0.05, 0) is 56.5 Å².